The van der Waals surface area contributed by atoms with Crippen molar-refractivity contribution in [3.05, 3.63) is 23.8 Å². The van der Waals surface area contributed by atoms with Crippen molar-refractivity contribution in [1.29, 1.82) is 0 Å². The second kappa shape index (κ2) is 12.0. The first kappa shape index (κ1) is 34.5. The van der Waals surface area contributed by atoms with E-state index in [9.17, 15) is 30.6 Å². The molecule has 5 aliphatic rings. The Bertz CT molecular complexity index is 1100. The maximum atomic E-state index is 12.0. The largest absolute Gasteiger partial charge is 0.394 e. The summed E-state index contributed by atoms with van der Waals surface area (Å²) in [5.41, 5.74) is 1.32. The van der Waals surface area contributed by atoms with Gasteiger partial charge in [-0.1, -0.05) is 58.4 Å². The molecule has 8 nitrogen and oxygen atoms in total. The fourth-order valence-electron chi connectivity index (χ4n) is 11.6. The summed E-state index contributed by atoms with van der Waals surface area (Å²) in [5.74, 6) is 0.402. The lowest BCUT2D eigenvalue weighted by Crippen LogP contribution is -2.70. The smallest absolute Gasteiger partial charge is 0.186 e. The summed E-state index contributed by atoms with van der Waals surface area (Å²) in [5, 5.41) is 65.2. The Balaban J connectivity index is 1.53. The van der Waals surface area contributed by atoms with E-state index in [1.807, 2.05) is 0 Å². The first-order valence-electron chi connectivity index (χ1n) is 17.1. The minimum atomic E-state index is -1.52. The Labute approximate surface area is 264 Å². The van der Waals surface area contributed by atoms with Gasteiger partial charge in [-0.25, -0.2) is 0 Å². The summed E-state index contributed by atoms with van der Waals surface area (Å²) in [6, 6.07) is 0. The lowest BCUT2D eigenvalue weighted by atomic mass is 9.34. The van der Waals surface area contributed by atoms with Crippen molar-refractivity contribution in [3.8, 4) is 0 Å². The van der Waals surface area contributed by atoms with Crippen LogP contribution in [0.3, 0.4) is 0 Å². The molecule has 252 valence electrons. The molecule has 6 N–H and O–H groups in total. The third-order valence-electron chi connectivity index (χ3n) is 13.9. The van der Waals surface area contributed by atoms with Crippen LogP contribution < -0.4 is 0 Å². The van der Waals surface area contributed by atoms with Crippen molar-refractivity contribution < 1.29 is 40.1 Å². The van der Waals surface area contributed by atoms with E-state index in [0.717, 1.165) is 32.1 Å². The highest BCUT2D eigenvalue weighted by Gasteiger charge is 2.72. The monoisotopic (exact) mass is 620 g/mol. The maximum absolute atomic E-state index is 12.0. The minimum Gasteiger partial charge on any atom is -0.394 e. The van der Waals surface area contributed by atoms with Gasteiger partial charge in [0.2, 0.25) is 0 Å². The zero-order chi connectivity index (χ0) is 32.6. The van der Waals surface area contributed by atoms with Gasteiger partial charge in [-0.15, -0.1) is 0 Å². The van der Waals surface area contributed by atoms with E-state index in [4.69, 9.17) is 9.47 Å². The number of ether oxygens (including phenoxy) is 2. The third kappa shape index (κ3) is 5.18. The van der Waals surface area contributed by atoms with Crippen LogP contribution in [0.4, 0.5) is 0 Å². The lowest BCUT2D eigenvalue weighted by Gasteiger charge is -2.72. The number of allylic oxidation sites excluding steroid dienone is 3. The van der Waals surface area contributed by atoms with E-state index in [1.165, 1.54) is 11.1 Å². The summed E-state index contributed by atoms with van der Waals surface area (Å²) < 4.78 is 12.6. The zero-order valence-corrected chi connectivity index (χ0v) is 28.1. The molecule has 1 aliphatic heterocycles. The van der Waals surface area contributed by atoms with E-state index < -0.39 is 61.0 Å². The minimum absolute atomic E-state index is 0.0817. The Hall–Kier alpha value is -0.840. The third-order valence-corrected chi connectivity index (χ3v) is 13.9. The molecule has 0 aromatic heterocycles. The van der Waals surface area contributed by atoms with Crippen molar-refractivity contribution in [2.75, 3.05) is 6.61 Å². The molecule has 4 aliphatic carbocycles. The van der Waals surface area contributed by atoms with Crippen LogP contribution in [0.15, 0.2) is 23.8 Å². The highest BCUT2D eigenvalue weighted by atomic mass is 16.7. The molecule has 0 unspecified atom stereocenters. The fraction of sp³-hybridized carbons (Fsp3) is 0.889. The van der Waals surface area contributed by atoms with Gasteiger partial charge in [0, 0.05) is 0 Å². The van der Waals surface area contributed by atoms with Gasteiger partial charge in [-0.2, -0.15) is 0 Å². The normalized spacial score (nSPS) is 51.6. The molecule has 5 rings (SSSR count). The molecule has 8 heteroatoms. The van der Waals surface area contributed by atoms with Gasteiger partial charge < -0.3 is 40.1 Å². The zero-order valence-electron chi connectivity index (χ0n) is 28.1. The van der Waals surface area contributed by atoms with Crippen LogP contribution in [-0.4, -0.2) is 86.3 Å². The van der Waals surface area contributed by atoms with Gasteiger partial charge in [0.05, 0.1) is 24.9 Å². The molecule has 0 radical (unpaired) electrons. The standard InChI is InChI=1S/C36H60O8/c1-19(2)10-9-11-20(3)21-12-15-35(7)27(21)22(38)16-25-34(6)14-13-26(39)33(4,5)31(34)23(17-36(25,35)8)43-32-30(42)29(41)28(40)24(18-37)44-32/h10,21-32,37-42H,3,9,11-18H2,1-2,4-8H3/t21-,22-,23+,24-,25-,26+,27+,28-,29+,30-,31+,32-,34-,35-,36-/m1/s1. The van der Waals surface area contributed by atoms with E-state index in [-0.39, 0.29) is 39.9 Å². The van der Waals surface area contributed by atoms with Crippen molar-refractivity contribution >= 4 is 0 Å². The van der Waals surface area contributed by atoms with Crippen LogP contribution in [0.25, 0.3) is 0 Å². The van der Waals surface area contributed by atoms with Gasteiger partial charge in [-0.3, -0.25) is 0 Å². The fourth-order valence-corrected chi connectivity index (χ4v) is 11.6. The van der Waals surface area contributed by atoms with Crippen LogP contribution in [-0.2, 0) is 9.47 Å². The van der Waals surface area contributed by atoms with Crippen molar-refractivity contribution in [2.24, 2.45) is 45.3 Å². The Morgan fingerprint density at radius 1 is 0.932 bits per heavy atom. The van der Waals surface area contributed by atoms with Crippen LogP contribution in [0.1, 0.15) is 99.8 Å². The first-order chi connectivity index (χ1) is 20.4. The number of fused-ring (bicyclic) bond motifs is 5. The number of rotatable bonds is 7. The molecule has 0 amide bonds. The molecular formula is C36H60O8. The Kier molecular flexibility index (Phi) is 9.40. The number of hydrogen-bond donors (Lipinski definition) is 6. The number of aliphatic hydroxyl groups excluding tert-OH is 6. The van der Waals surface area contributed by atoms with Gasteiger partial charge in [0.25, 0.3) is 0 Å². The first-order valence-corrected chi connectivity index (χ1v) is 17.1. The van der Waals surface area contributed by atoms with Crippen LogP contribution >= 0.6 is 0 Å². The van der Waals surface area contributed by atoms with Crippen molar-refractivity contribution in [3.63, 3.8) is 0 Å². The van der Waals surface area contributed by atoms with Crippen LogP contribution in [0, 0.1) is 45.3 Å². The second-order valence-corrected chi connectivity index (χ2v) is 16.8. The summed E-state index contributed by atoms with van der Waals surface area (Å²) in [4.78, 5) is 0. The summed E-state index contributed by atoms with van der Waals surface area (Å²) >= 11 is 0. The second-order valence-electron chi connectivity index (χ2n) is 16.8. The number of hydrogen-bond acceptors (Lipinski definition) is 8. The van der Waals surface area contributed by atoms with Gasteiger partial charge in [0.1, 0.15) is 24.4 Å². The predicted molar refractivity (Wildman–Crippen MR) is 168 cm³/mol. The highest BCUT2D eigenvalue weighted by Crippen LogP contribution is 2.76. The molecule has 0 aromatic carbocycles. The topological polar surface area (TPSA) is 140 Å². The average Bonchev–Trinajstić information content (AvgIpc) is 3.32. The molecule has 0 spiro atoms. The summed E-state index contributed by atoms with van der Waals surface area (Å²) in [6.07, 6.45) is 0.758. The maximum Gasteiger partial charge on any atom is 0.186 e. The Morgan fingerprint density at radius 3 is 2.25 bits per heavy atom. The molecule has 0 aromatic rings. The molecule has 4 saturated carbocycles. The molecule has 44 heavy (non-hydrogen) atoms. The molecule has 5 fully saturated rings. The van der Waals surface area contributed by atoms with E-state index in [1.54, 1.807) is 0 Å². The summed E-state index contributed by atoms with van der Waals surface area (Å²) in [7, 11) is 0. The van der Waals surface area contributed by atoms with E-state index in [0.29, 0.717) is 19.3 Å². The average molecular weight is 621 g/mol. The van der Waals surface area contributed by atoms with Crippen molar-refractivity contribution in [1.82, 2.24) is 0 Å². The molecule has 1 saturated heterocycles. The van der Waals surface area contributed by atoms with Gasteiger partial charge >= 0.3 is 0 Å². The predicted octanol–water partition coefficient (Wildman–Crippen LogP) is 4.10. The summed E-state index contributed by atoms with van der Waals surface area (Å²) in [6.45, 7) is 19.5. The molecular weight excluding hydrogens is 560 g/mol. The highest BCUT2D eigenvalue weighted by molar-refractivity contribution is 5.24. The Morgan fingerprint density at radius 2 is 1.61 bits per heavy atom. The molecule has 0 bridgehead atoms. The lowest BCUT2D eigenvalue weighted by molar-refractivity contribution is -0.346. The van der Waals surface area contributed by atoms with E-state index >= 15 is 0 Å². The van der Waals surface area contributed by atoms with Gasteiger partial charge in [-0.05, 0) is 111 Å². The SMILES string of the molecule is C=C(CCC=C(C)C)[C@H]1CC[C@]2(C)[C@@H]1[C@H](O)C[C@@H]1[C@@]3(C)CC[C@H](O)C(C)(C)[C@@H]3[C@@H](O[C@@H]3O[C@H](CO)[C@@H](O)[C@H](O)[C@H]3O)C[C@]12C. The molecule has 15 atom stereocenters. The van der Waals surface area contributed by atoms with Crippen LogP contribution in [0.5, 0.6) is 0 Å². The van der Waals surface area contributed by atoms with Crippen molar-refractivity contribution in [2.45, 2.75) is 149 Å². The quantitative estimate of drug-likeness (QED) is 0.185. The van der Waals surface area contributed by atoms with Gasteiger partial charge in [0.15, 0.2) is 6.29 Å². The molecule has 1 heterocycles. The number of aliphatic hydroxyl groups is 6. The van der Waals surface area contributed by atoms with E-state index in [2.05, 4.69) is 61.1 Å². The van der Waals surface area contributed by atoms with Crippen LogP contribution in [0.2, 0.25) is 0 Å².